The largest absolute Gasteiger partial charge is 0.494 e. The summed E-state index contributed by atoms with van der Waals surface area (Å²) < 4.78 is 11.0. The average Bonchev–Trinajstić information content (AvgIpc) is 2.86. The van der Waals surface area contributed by atoms with Crippen LogP contribution in [0.1, 0.15) is 19.4 Å². The number of amides is 1. The summed E-state index contributed by atoms with van der Waals surface area (Å²) in [6.45, 7) is 8.05. The van der Waals surface area contributed by atoms with Gasteiger partial charge in [0.05, 0.1) is 25.3 Å². The van der Waals surface area contributed by atoms with Crippen LogP contribution in [0, 0.1) is 0 Å². The van der Waals surface area contributed by atoms with Crippen LogP contribution in [0.2, 0.25) is 0 Å². The summed E-state index contributed by atoms with van der Waals surface area (Å²) in [6.07, 6.45) is 0.406. The van der Waals surface area contributed by atoms with Gasteiger partial charge in [0.15, 0.2) is 5.82 Å². The first-order valence-electron chi connectivity index (χ1n) is 11.5. The van der Waals surface area contributed by atoms with Gasteiger partial charge in [0.1, 0.15) is 11.5 Å². The minimum atomic E-state index is 0.149. The first-order chi connectivity index (χ1) is 16.2. The number of aromatic nitrogens is 2. The maximum atomic E-state index is 12.7. The van der Waals surface area contributed by atoms with Gasteiger partial charge in [0.25, 0.3) is 0 Å². The van der Waals surface area contributed by atoms with Gasteiger partial charge >= 0.3 is 0 Å². The minimum Gasteiger partial charge on any atom is -0.494 e. The van der Waals surface area contributed by atoms with Crippen molar-refractivity contribution in [3.05, 3.63) is 66.2 Å². The van der Waals surface area contributed by atoms with Gasteiger partial charge < -0.3 is 19.3 Å². The summed E-state index contributed by atoms with van der Waals surface area (Å²) in [7, 11) is 0. The van der Waals surface area contributed by atoms with Crippen LogP contribution in [0.3, 0.4) is 0 Å². The van der Waals surface area contributed by atoms with Crippen LogP contribution in [0.5, 0.6) is 11.5 Å². The second-order valence-electron chi connectivity index (χ2n) is 7.86. The summed E-state index contributed by atoms with van der Waals surface area (Å²) in [4.78, 5) is 16.8. The number of anilines is 1. The lowest BCUT2D eigenvalue weighted by Crippen LogP contribution is -2.49. The van der Waals surface area contributed by atoms with Gasteiger partial charge in [0, 0.05) is 31.7 Å². The second-order valence-corrected chi connectivity index (χ2v) is 7.86. The number of carbonyl (C=O) groups is 1. The molecule has 0 unspecified atom stereocenters. The monoisotopic (exact) mass is 446 g/mol. The van der Waals surface area contributed by atoms with Crippen LogP contribution < -0.4 is 14.4 Å². The van der Waals surface area contributed by atoms with Crippen molar-refractivity contribution >= 4 is 11.7 Å². The highest BCUT2D eigenvalue weighted by Crippen LogP contribution is 2.22. The number of hydrogen-bond donors (Lipinski definition) is 0. The topological polar surface area (TPSA) is 67.8 Å². The molecule has 0 atom stereocenters. The van der Waals surface area contributed by atoms with Crippen molar-refractivity contribution < 1.29 is 14.3 Å². The SMILES string of the molecule is CCOc1ccc(CC(=O)N2CCN(c3ccc(-c4ccc(OCC)cc4)nn3)CC2)cc1. The predicted octanol–water partition coefficient (Wildman–Crippen LogP) is 3.83. The Bertz CT molecular complexity index is 1030. The molecule has 2 heterocycles. The van der Waals surface area contributed by atoms with Crippen LogP contribution in [-0.4, -0.2) is 60.4 Å². The van der Waals surface area contributed by atoms with Crippen LogP contribution in [0.4, 0.5) is 5.82 Å². The van der Waals surface area contributed by atoms with Crippen molar-refractivity contribution in [3.63, 3.8) is 0 Å². The molecule has 172 valence electrons. The van der Waals surface area contributed by atoms with Gasteiger partial charge in [-0.1, -0.05) is 12.1 Å². The molecule has 7 nitrogen and oxygen atoms in total. The third-order valence-corrected chi connectivity index (χ3v) is 5.66. The van der Waals surface area contributed by atoms with Crippen molar-refractivity contribution in [2.45, 2.75) is 20.3 Å². The van der Waals surface area contributed by atoms with Gasteiger partial charge in [-0.25, -0.2) is 0 Å². The molecule has 0 N–H and O–H groups in total. The van der Waals surface area contributed by atoms with E-state index in [-0.39, 0.29) is 5.91 Å². The Kier molecular flexibility index (Phi) is 7.40. The average molecular weight is 447 g/mol. The molecular weight excluding hydrogens is 416 g/mol. The predicted molar refractivity (Wildman–Crippen MR) is 129 cm³/mol. The van der Waals surface area contributed by atoms with Gasteiger partial charge in [-0.2, -0.15) is 0 Å². The Balaban J connectivity index is 1.29. The van der Waals surface area contributed by atoms with E-state index in [4.69, 9.17) is 9.47 Å². The smallest absolute Gasteiger partial charge is 0.227 e. The molecule has 33 heavy (non-hydrogen) atoms. The summed E-state index contributed by atoms with van der Waals surface area (Å²) in [5.74, 6) is 2.66. The molecule has 1 amide bonds. The fraction of sp³-hybridized carbons (Fsp3) is 0.346. The third-order valence-electron chi connectivity index (χ3n) is 5.66. The van der Waals surface area contributed by atoms with Crippen molar-refractivity contribution in [1.82, 2.24) is 15.1 Å². The Hall–Kier alpha value is -3.61. The first kappa shape index (κ1) is 22.6. The lowest BCUT2D eigenvalue weighted by Gasteiger charge is -2.35. The molecule has 0 saturated carbocycles. The molecule has 1 aliphatic rings. The zero-order valence-electron chi connectivity index (χ0n) is 19.2. The maximum Gasteiger partial charge on any atom is 0.227 e. The van der Waals surface area contributed by atoms with Crippen LogP contribution in [0.25, 0.3) is 11.3 Å². The standard InChI is InChI=1S/C26H30N4O3/c1-3-32-22-9-5-20(6-10-22)19-26(31)30-17-15-29(16-18-30)25-14-13-24(27-28-25)21-7-11-23(12-8-21)33-4-2/h5-14H,3-4,15-19H2,1-2H3. The molecule has 0 bridgehead atoms. The normalized spacial score (nSPS) is 13.6. The lowest BCUT2D eigenvalue weighted by atomic mass is 10.1. The van der Waals surface area contributed by atoms with E-state index < -0.39 is 0 Å². The molecular formula is C26H30N4O3. The number of hydrogen-bond acceptors (Lipinski definition) is 6. The van der Waals surface area contributed by atoms with E-state index in [0.29, 0.717) is 32.7 Å². The van der Waals surface area contributed by atoms with Gasteiger partial charge in [-0.15, -0.1) is 10.2 Å². The highest BCUT2D eigenvalue weighted by atomic mass is 16.5. The zero-order valence-corrected chi connectivity index (χ0v) is 19.2. The molecule has 1 aromatic heterocycles. The molecule has 4 rings (SSSR count). The van der Waals surface area contributed by atoms with Crippen molar-refractivity contribution in [3.8, 4) is 22.8 Å². The summed E-state index contributed by atoms with van der Waals surface area (Å²) in [6, 6.07) is 19.6. The Morgan fingerprint density at radius 3 is 1.94 bits per heavy atom. The van der Waals surface area contributed by atoms with E-state index in [1.807, 2.05) is 79.4 Å². The fourth-order valence-electron chi connectivity index (χ4n) is 3.88. The maximum absolute atomic E-state index is 12.7. The summed E-state index contributed by atoms with van der Waals surface area (Å²) in [5.41, 5.74) is 2.83. The second kappa shape index (κ2) is 10.8. The summed E-state index contributed by atoms with van der Waals surface area (Å²) >= 11 is 0. The molecule has 0 radical (unpaired) electrons. The zero-order chi connectivity index (χ0) is 23.0. The molecule has 0 spiro atoms. The highest BCUT2D eigenvalue weighted by molar-refractivity contribution is 5.79. The number of carbonyl (C=O) groups excluding carboxylic acids is 1. The number of nitrogens with zero attached hydrogens (tertiary/aromatic N) is 4. The van der Waals surface area contributed by atoms with Crippen molar-refractivity contribution in [2.75, 3.05) is 44.3 Å². The number of ether oxygens (including phenoxy) is 2. The third kappa shape index (κ3) is 5.80. The number of rotatable bonds is 8. The molecule has 0 aliphatic carbocycles. The molecule has 1 aliphatic heterocycles. The Morgan fingerprint density at radius 2 is 1.39 bits per heavy atom. The van der Waals surface area contributed by atoms with E-state index in [1.165, 1.54) is 0 Å². The van der Waals surface area contributed by atoms with E-state index in [9.17, 15) is 4.79 Å². The Morgan fingerprint density at radius 1 is 0.788 bits per heavy atom. The molecule has 7 heteroatoms. The Labute approximate surface area is 195 Å². The number of benzene rings is 2. The van der Waals surface area contributed by atoms with Crippen LogP contribution in [-0.2, 0) is 11.2 Å². The van der Waals surface area contributed by atoms with Crippen molar-refractivity contribution in [2.24, 2.45) is 0 Å². The highest BCUT2D eigenvalue weighted by Gasteiger charge is 2.22. The number of piperazine rings is 1. The van der Waals surface area contributed by atoms with Gasteiger partial charge in [-0.3, -0.25) is 4.79 Å². The van der Waals surface area contributed by atoms with Crippen LogP contribution >= 0.6 is 0 Å². The molecule has 3 aromatic rings. The van der Waals surface area contributed by atoms with E-state index in [2.05, 4.69) is 15.1 Å². The minimum absolute atomic E-state index is 0.149. The molecule has 2 aromatic carbocycles. The molecule has 1 saturated heterocycles. The van der Waals surface area contributed by atoms with Crippen molar-refractivity contribution in [1.29, 1.82) is 0 Å². The first-order valence-corrected chi connectivity index (χ1v) is 11.5. The fourth-order valence-corrected chi connectivity index (χ4v) is 3.88. The van der Waals surface area contributed by atoms with Crippen LogP contribution in [0.15, 0.2) is 60.7 Å². The quantitative estimate of drug-likeness (QED) is 0.524. The van der Waals surface area contributed by atoms with Gasteiger partial charge in [-0.05, 0) is 67.9 Å². The van der Waals surface area contributed by atoms with E-state index >= 15 is 0 Å². The van der Waals surface area contributed by atoms with Gasteiger partial charge in [0.2, 0.25) is 5.91 Å². The lowest BCUT2D eigenvalue weighted by molar-refractivity contribution is -0.130. The van der Waals surface area contributed by atoms with E-state index in [0.717, 1.165) is 47.2 Å². The molecule has 1 fully saturated rings. The van der Waals surface area contributed by atoms with E-state index in [1.54, 1.807) is 0 Å². The summed E-state index contributed by atoms with van der Waals surface area (Å²) in [5, 5.41) is 8.83.